The smallest absolute Gasteiger partial charge is 0.410 e. The van der Waals surface area contributed by atoms with E-state index in [4.69, 9.17) is 21.1 Å². The molecule has 0 atom stereocenters. The molecule has 3 rings (SSSR count). The van der Waals surface area contributed by atoms with Crippen LogP contribution in [-0.4, -0.2) is 58.0 Å². The van der Waals surface area contributed by atoms with E-state index in [1.54, 1.807) is 17.0 Å². The summed E-state index contributed by atoms with van der Waals surface area (Å²) in [4.78, 5) is 25.2. The van der Waals surface area contributed by atoms with Crippen LogP contribution in [0.4, 0.5) is 4.79 Å². The number of hydrogen-bond acceptors (Lipinski definition) is 6. The number of hydrogen-bond donors (Lipinski definition) is 1. The molecule has 0 radical (unpaired) electrons. The SMILES string of the molecule is CNS(=O)(=O)c1cc(-c2ccc(Cl)c(CCN(CCCCC=O)C(=O)OC(C)(C)C)c2)cc2c1OCC2. The summed E-state index contributed by atoms with van der Waals surface area (Å²) in [6.07, 6.45) is 3.41. The Hall–Kier alpha value is -2.62. The molecule has 0 spiro atoms. The Labute approximate surface area is 224 Å². The quantitative estimate of drug-likeness (QED) is 0.312. The summed E-state index contributed by atoms with van der Waals surface area (Å²) in [5, 5.41) is 0.557. The van der Waals surface area contributed by atoms with Crippen LogP contribution in [-0.2, 0) is 32.4 Å². The lowest BCUT2D eigenvalue weighted by Crippen LogP contribution is -2.38. The zero-order valence-corrected chi connectivity index (χ0v) is 23.4. The first-order valence-electron chi connectivity index (χ1n) is 12.4. The molecule has 1 aliphatic heterocycles. The van der Waals surface area contributed by atoms with Crippen molar-refractivity contribution in [2.45, 2.75) is 63.4 Å². The lowest BCUT2D eigenvalue weighted by molar-refractivity contribution is -0.107. The predicted molar refractivity (Wildman–Crippen MR) is 144 cm³/mol. The van der Waals surface area contributed by atoms with Crippen molar-refractivity contribution >= 4 is 34.0 Å². The number of carbonyl (C=O) groups is 2. The van der Waals surface area contributed by atoms with Gasteiger partial charge in [-0.1, -0.05) is 17.7 Å². The van der Waals surface area contributed by atoms with Gasteiger partial charge in [-0.2, -0.15) is 0 Å². The van der Waals surface area contributed by atoms with Crippen LogP contribution in [0.1, 0.15) is 51.2 Å². The maximum Gasteiger partial charge on any atom is 0.410 e. The number of amides is 1. The van der Waals surface area contributed by atoms with Gasteiger partial charge in [0.25, 0.3) is 0 Å². The Morgan fingerprint density at radius 3 is 2.59 bits per heavy atom. The molecule has 37 heavy (non-hydrogen) atoms. The van der Waals surface area contributed by atoms with Gasteiger partial charge in [0.2, 0.25) is 10.0 Å². The molecule has 1 N–H and O–H groups in total. The first-order valence-corrected chi connectivity index (χ1v) is 14.2. The van der Waals surface area contributed by atoms with E-state index in [0.717, 1.165) is 28.5 Å². The first kappa shape index (κ1) is 28.9. The minimum Gasteiger partial charge on any atom is -0.492 e. The van der Waals surface area contributed by atoms with Gasteiger partial charge in [0, 0.05) is 31.0 Å². The third-order valence-corrected chi connectivity index (χ3v) is 7.78. The van der Waals surface area contributed by atoms with Crippen molar-refractivity contribution < 1.29 is 27.5 Å². The van der Waals surface area contributed by atoms with Crippen LogP contribution < -0.4 is 9.46 Å². The summed E-state index contributed by atoms with van der Waals surface area (Å²) in [5.41, 5.74) is 2.60. The van der Waals surface area contributed by atoms with Gasteiger partial charge in [0.05, 0.1) is 6.61 Å². The zero-order valence-electron chi connectivity index (χ0n) is 21.8. The molecular weight excluding hydrogens is 516 g/mol. The molecular formula is C27H35ClN2O6S. The van der Waals surface area contributed by atoms with Crippen LogP contribution in [0.2, 0.25) is 5.02 Å². The van der Waals surface area contributed by atoms with Gasteiger partial charge in [0.1, 0.15) is 22.5 Å². The van der Waals surface area contributed by atoms with Crippen LogP contribution in [0, 0.1) is 0 Å². The molecule has 8 nitrogen and oxygen atoms in total. The number of fused-ring (bicyclic) bond motifs is 1. The molecule has 1 amide bonds. The van der Waals surface area contributed by atoms with E-state index < -0.39 is 21.7 Å². The number of nitrogens with one attached hydrogen (secondary N) is 1. The number of ether oxygens (including phenoxy) is 2. The predicted octanol–water partition coefficient (Wildman–Crippen LogP) is 5.00. The Kier molecular flexibility index (Phi) is 9.61. The maximum absolute atomic E-state index is 12.8. The van der Waals surface area contributed by atoms with Crippen LogP contribution in [0.25, 0.3) is 11.1 Å². The second-order valence-electron chi connectivity index (χ2n) is 9.95. The van der Waals surface area contributed by atoms with Crippen molar-refractivity contribution in [1.82, 2.24) is 9.62 Å². The summed E-state index contributed by atoms with van der Waals surface area (Å²) in [6.45, 7) is 6.75. The minimum absolute atomic E-state index is 0.114. The van der Waals surface area contributed by atoms with Crippen LogP contribution >= 0.6 is 11.6 Å². The Bertz CT molecular complexity index is 1240. The van der Waals surface area contributed by atoms with Crippen LogP contribution in [0.15, 0.2) is 35.2 Å². The van der Waals surface area contributed by atoms with Crippen molar-refractivity contribution in [2.75, 3.05) is 26.7 Å². The largest absolute Gasteiger partial charge is 0.492 e. The molecule has 1 aliphatic rings. The maximum atomic E-state index is 12.8. The molecule has 0 bridgehead atoms. The Morgan fingerprint density at radius 2 is 1.92 bits per heavy atom. The second kappa shape index (κ2) is 12.3. The third kappa shape index (κ3) is 7.69. The minimum atomic E-state index is -3.71. The van der Waals surface area contributed by atoms with Crippen molar-refractivity contribution in [3.63, 3.8) is 0 Å². The summed E-state index contributed by atoms with van der Waals surface area (Å²) < 4.78 is 38.9. The Morgan fingerprint density at radius 1 is 1.16 bits per heavy atom. The third-order valence-electron chi connectivity index (χ3n) is 5.99. The highest BCUT2D eigenvalue weighted by molar-refractivity contribution is 7.89. The van der Waals surface area contributed by atoms with E-state index >= 15 is 0 Å². The van der Waals surface area contributed by atoms with Crippen molar-refractivity contribution in [1.29, 1.82) is 0 Å². The van der Waals surface area contributed by atoms with E-state index in [9.17, 15) is 18.0 Å². The van der Waals surface area contributed by atoms with E-state index in [0.29, 0.717) is 62.6 Å². The highest BCUT2D eigenvalue weighted by Crippen LogP contribution is 2.38. The average Bonchev–Trinajstić information content (AvgIpc) is 3.31. The van der Waals surface area contributed by atoms with Crippen molar-refractivity contribution in [3.05, 3.63) is 46.5 Å². The molecule has 2 aromatic rings. The van der Waals surface area contributed by atoms with E-state index in [1.165, 1.54) is 7.05 Å². The normalized spacial score (nSPS) is 13.1. The van der Waals surface area contributed by atoms with E-state index in [2.05, 4.69) is 4.72 Å². The molecule has 202 valence electrons. The van der Waals surface area contributed by atoms with Crippen LogP contribution in [0.5, 0.6) is 5.75 Å². The van der Waals surface area contributed by atoms with Crippen molar-refractivity contribution in [3.8, 4) is 16.9 Å². The Balaban J connectivity index is 1.86. The topological polar surface area (TPSA) is 102 Å². The molecule has 0 saturated carbocycles. The van der Waals surface area contributed by atoms with Crippen LogP contribution in [0.3, 0.4) is 0 Å². The number of nitrogens with zero attached hydrogens (tertiary/aromatic N) is 1. The number of carbonyl (C=O) groups excluding carboxylic acids is 2. The monoisotopic (exact) mass is 550 g/mol. The average molecular weight is 551 g/mol. The lowest BCUT2D eigenvalue weighted by Gasteiger charge is -2.27. The van der Waals surface area contributed by atoms with Crippen molar-refractivity contribution in [2.24, 2.45) is 0 Å². The summed E-state index contributed by atoms with van der Waals surface area (Å²) in [7, 11) is -2.34. The highest BCUT2D eigenvalue weighted by Gasteiger charge is 2.26. The number of unbranched alkanes of at least 4 members (excludes halogenated alkanes) is 2. The molecule has 0 saturated heterocycles. The number of aldehydes is 1. The molecule has 10 heteroatoms. The summed E-state index contributed by atoms with van der Waals surface area (Å²) in [5.74, 6) is 0.398. The van der Waals surface area contributed by atoms with Gasteiger partial charge in [0.15, 0.2) is 0 Å². The number of rotatable bonds is 11. The van der Waals surface area contributed by atoms with E-state index in [1.807, 2.05) is 39.0 Å². The van der Waals surface area contributed by atoms with Gasteiger partial charge in [-0.15, -0.1) is 0 Å². The van der Waals surface area contributed by atoms with Gasteiger partial charge in [-0.25, -0.2) is 17.9 Å². The first-order chi connectivity index (χ1) is 17.4. The summed E-state index contributed by atoms with van der Waals surface area (Å²) >= 11 is 6.52. The fourth-order valence-electron chi connectivity index (χ4n) is 4.10. The second-order valence-corrected chi connectivity index (χ2v) is 12.2. The number of halogens is 1. The highest BCUT2D eigenvalue weighted by atomic mass is 35.5. The zero-order chi connectivity index (χ0) is 27.2. The van der Waals surface area contributed by atoms with Gasteiger partial charge in [-0.3, -0.25) is 0 Å². The van der Waals surface area contributed by atoms with Gasteiger partial charge >= 0.3 is 6.09 Å². The lowest BCUT2D eigenvalue weighted by atomic mass is 9.99. The number of sulfonamides is 1. The molecule has 0 fully saturated rings. The molecule has 0 aliphatic carbocycles. The summed E-state index contributed by atoms with van der Waals surface area (Å²) in [6, 6.07) is 9.12. The van der Waals surface area contributed by atoms with Gasteiger partial charge in [-0.05, 0) is 93.6 Å². The fraction of sp³-hybridized carbons (Fsp3) is 0.481. The molecule has 0 aromatic heterocycles. The fourth-order valence-corrected chi connectivity index (χ4v) is 5.25. The standard InChI is InChI=1S/C27H35ClN2O6S/c1-27(2,3)36-26(32)30(12-6-5-7-14-31)13-10-20-16-19(8-9-23(20)28)22-17-21-11-15-35-25(21)24(18-22)37(33,34)29-4/h8-9,14,16-18,29H,5-7,10-13,15H2,1-4H3. The van der Waals surface area contributed by atoms with E-state index in [-0.39, 0.29) is 4.90 Å². The molecule has 1 heterocycles. The van der Waals surface area contributed by atoms with Gasteiger partial charge < -0.3 is 19.2 Å². The molecule has 2 aromatic carbocycles. The number of benzene rings is 2. The molecule has 0 unspecified atom stereocenters.